The van der Waals surface area contributed by atoms with Crippen molar-refractivity contribution >= 4 is 11.1 Å². The number of hydrogen-bond donors (Lipinski definition) is 0. The summed E-state index contributed by atoms with van der Waals surface area (Å²) >= 11 is 0. The Hall–Kier alpha value is -3.81. The zero-order chi connectivity index (χ0) is 20.9. The number of halogens is 1. The lowest BCUT2D eigenvalue weighted by atomic mass is 9.93. The highest BCUT2D eigenvalue weighted by molar-refractivity contribution is 5.95. The largest absolute Gasteiger partial charge is 0.437 e. The first-order chi connectivity index (χ1) is 15.2. The second kappa shape index (κ2) is 6.87. The number of hydrogen-bond acceptors (Lipinski definition) is 5. The zero-order valence-corrected chi connectivity index (χ0v) is 16.9. The van der Waals surface area contributed by atoms with Crippen LogP contribution in [0, 0.1) is 5.82 Å². The second-order valence-electron chi connectivity index (χ2n) is 7.92. The normalized spacial score (nSPS) is 14.3. The van der Waals surface area contributed by atoms with Crippen LogP contribution in [-0.2, 0) is 7.05 Å². The molecular formula is C23H19FN6O. The Morgan fingerprint density at radius 1 is 1.03 bits per heavy atom. The van der Waals surface area contributed by atoms with E-state index in [9.17, 15) is 4.39 Å². The van der Waals surface area contributed by atoms with Gasteiger partial charge in [0.1, 0.15) is 23.6 Å². The van der Waals surface area contributed by atoms with Crippen LogP contribution in [0.15, 0.2) is 59.7 Å². The monoisotopic (exact) mass is 414 g/mol. The molecule has 1 saturated carbocycles. The summed E-state index contributed by atoms with van der Waals surface area (Å²) in [6.07, 6.45) is 10.6. The smallest absolute Gasteiger partial charge is 0.230 e. The van der Waals surface area contributed by atoms with E-state index < -0.39 is 0 Å². The number of fused-ring (bicyclic) bond motifs is 1. The average Bonchev–Trinajstić information content (AvgIpc) is 3.45. The molecule has 1 fully saturated rings. The van der Waals surface area contributed by atoms with Crippen molar-refractivity contribution in [2.75, 3.05) is 0 Å². The number of aryl methyl sites for hydroxylation is 1. The molecule has 5 aromatic rings. The van der Waals surface area contributed by atoms with Gasteiger partial charge in [-0.25, -0.2) is 14.4 Å². The van der Waals surface area contributed by atoms with Gasteiger partial charge in [0.05, 0.1) is 28.9 Å². The third kappa shape index (κ3) is 3.02. The van der Waals surface area contributed by atoms with Crippen molar-refractivity contribution in [3.63, 3.8) is 0 Å². The lowest BCUT2D eigenvalue weighted by Crippen LogP contribution is -2.17. The van der Waals surface area contributed by atoms with Gasteiger partial charge in [0.15, 0.2) is 0 Å². The van der Waals surface area contributed by atoms with E-state index in [-0.39, 0.29) is 5.82 Å². The predicted molar refractivity (Wildman–Crippen MR) is 114 cm³/mol. The molecule has 31 heavy (non-hydrogen) atoms. The standard InChI is InChI=1S/C23H19FN6O/c1-29-11-15(10-27-29)20-9-18-22(25-13-26-23(18)31-20)19-12-30(17-3-2-4-17)28-21(19)14-5-7-16(24)8-6-14/h5-13,17H,2-4H2,1H3. The van der Waals surface area contributed by atoms with Gasteiger partial charge < -0.3 is 4.42 Å². The fraction of sp³-hybridized carbons (Fsp3) is 0.217. The van der Waals surface area contributed by atoms with Crippen LogP contribution in [0.25, 0.3) is 44.9 Å². The van der Waals surface area contributed by atoms with E-state index in [1.807, 2.05) is 30.2 Å². The molecule has 0 bridgehead atoms. The maximum Gasteiger partial charge on any atom is 0.230 e. The van der Waals surface area contributed by atoms with Gasteiger partial charge in [0, 0.05) is 30.6 Å². The molecule has 0 radical (unpaired) electrons. The second-order valence-corrected chi connectivity index (χ2v) is 7.92. The predicted octanol–water partition coefficient (Wildman–Crippen LogP) is 5.02. The molecule has 0 spiro atoms. The highest BCUT2D eigenvalue weighted by Crippen LogP contribution is 2.39. The fourth-order valence-electron chi connectivity index (χ4n) is 3.99. The maximum absolute atomic E-state index is 13.5. The molecule has 8 heteroatoms. The maximum atomic E-state index is 13.5. The van der Waals surface area contributed by atoms with Gasteiger partial charge in [-0.15, -0.1) is 0 Å². The summed E-state index contributed by atoms with van der Waals surface area (Å²) in [5.74, 6) is 0.406. The molecule has 0 aliphatic heterocycles. The number of benzene rings is 1. The van der Waals surface area contributed by atoms with Gasteiger partial charge in [-0.3, -0.25) is 9.36 Å². The van der Waals surface area contributed by atoms with E-state index in [0.29, 0.717) is 17.5 Å². The van der Waals surface area contributed by atoms with Crippen molar-refractivity contribution in [3.8, 4) is 33.8 Å². The van der Waals surface area contributed by atoms with Crippen molar-refractivity contribution in [2.45, 2.75) is 25.3 Å². The van der Waals surface area contributed by atoms with Crippen LogP contribution >= 0.6 is 0 Å². The summed E-state index contributed by atoms with van der Waals surface area (Å²) in [4.78, 5) is 8.91. The lowest BCUT2D eigenvalue weighted by molar-refractivity contribution is 0.290. The van der Waals surface area contributed by atoms with Crippen LogP contribution in [0.4, 0.5) is 4.39 Å². The van der Waals surface area contributed by atoms with Crippen LogP contribution in [0.1, 0.15) is 25.3 Å². The van der Waals surface area contributed by atoms with Gasteiger partial charge in [-0.1, -0.05) is 0 Å². The van der Waals surface area contributed by atoms with E-state index in [4.69, 9.17) is 9.52 Å². The van der Waals surface area contributed by atoms with E-state index in [1.54, 1.807) is 23.0 Å². The molecule has 0 atom stereocenters. The van der Waals surface area contributed by atoms with E-state index in [2.05, 4.69) is 15.1 Å². The van der Waals surface area contributed by atoms with Crippen molar-refractivity contribution < 1.29 is 8.81 Å². The number of nitrogens with zero attached hydrogens (tertiary/aromatic N) is 6. The topological polar surface area (TPSA) is 74.6 Å². The molecule has 1 aliphatic carbocycles. The number of rotatable bonds is 4. The van der Waals surface area contributed by atoms with Gasteiger partial charge >= 0.3 is 0 Å². The molecule has 1 aliphatic rings. The highest BCUT2D eigenvalue weighted by atomic mass is 19.1. The quantitative estimate of drug-likeness (QED) is 0.413. The summed E-state index contributed by atoms with van der Waals surface area (Å²) in [6.45, 7) is 0. The minimum absolute atomic E-state index is 0.274. The molecule has 0 N–H and O–H groups in total. The third-order valence-electron chi connectivity index (χ3n) is 5.87. The molecule has 0 saturated heterocycles. The first-order valence-corrected chi connectivity index (χ1v) is 10.2. The minimum Gasteiger partial charge on any atom is -0.437 e. The highest BCUT2D eigenvalue weighted by Gasteiger charge is 2.25. The van der Waals surface area contributed by atoms with Gasteiger partial charge in [0.25, 0.3) is 0 Å². The van der Waals surface area contributed by atoms with Crippen molar-refractivity contribution in [3.05, 3.63) is 61.1 Å². The zero-order valence-electron chi connectivity index (χ0n) is 16.9. The molecular weight excluding hydrogens is 395 g/mol. The molecule has 154 valence electrons. The molecule has 7 nitrogen and oxygen atoms in total. The van der Waals surface area contributed by atoms with E-state index >= 15 is 0 Å². The Morgan fingerprint density at radius 2 is 1.87 bits per heavy atom. The van der Waals surface area contributed by atoms with Crippen molar-refractivity contribution in [1.82, 2.24) is 29.5 Å². The Labute approximate surface area is 177 Å². The van der Waals surface area contributed by atoms with Crippen molar-refractivity contribution in [1.29, 1.82) is 0 Å². The van der Waals surface area contributed by atoms with Crippen LogP contribution in [0.5, 0.6) is 0 Å². The number of aromatic nitrogens is 6. The minimum atomic E-state index is -0.274. The van der Waals surface area contributed by atoms with Gasteiger partial charge in [-0.05, 0) is 49.6 Å². The lowest BCUT2D eigenvalue weighted by Gasteiger charge is -2.25. The van der Waals surface area contributed by atoms with Crippen molar-refractivity contribution in [2.24, 2.45) is 7.05 Å². The van der Waals surface area contributed by atoms with E-state index in [1.165, 1.54) is 24.9 Å². The summed E-state index contributed by atoms with van der Waals surface area (Å²) in [5.41, 5.74) is 4.62. The molecule has 6 rings (SSSR count). The van der Waals surface area contributed by atoms with Crippen LogP contribution in [0.3, 0.4) is 0 Å². The SMILES string of the molecule is Cn1cc(-c2cc3c(-c4cn(C5CCC5)nc4-c4ccc(F)cc4)ncnc3o2)cn1. The van der Waals surface area contributed by atoms with Gasteiger partial charge in [0.2, 0.25) is 5.71 Å². The Bertz CT molecular complexity index is 1390. The average molecular weight is 414 g/mol. The summed E-state index contributed by atoms with van der Waals surface area (Å²) in [5, 5.41) is 9.90. The number of furan rings is 1. The Kier molecular flexibility index (Phi) is 3.99. The first-order valence-electron chi connectivity index (χ1n) is 10.2. The summed E-state index contributed by atoms with van der Waals surface area (Å²) in [7, 11) is 1.86. The fourth-order valence-corrected chi connectivity index (χ4v) is 3.99. The van der Waals surface area contributed by atoms with Gasteiger partial charge in [-0.2, -0.15) is 10.2 Å². The van der Waals surface area contributed by atoms with Crippen LogP contribution < -0.4 is 0 Å². The van der Waals surface area contributed by atoms with Crippen LogP contribution in [-0.4, -0.2) is 29.5 Å². The van der Waals surface area contributed by atoms with Crippen LogP contribution in [0.2, 0.25) is 0 Å². The first kappa shape index (κ1) is 18.0. The third-order valence-corrected chi connectivity index (χ3v) is 5.87. The molecule has 4 heterocycles. The Morgan fingerprint density at radius 3 is 2.58 bits per heavy atom. The molecule has 1 aromatic carbocycles. The molecule has 4 aromatic heterocycles. The molecule has 0 unspecified atom stereocenters. The molecule has 0 amide bonds. The summed E-state index contributed by atoms with van der Waals surface area (Å²) in [6, 6.07) is 8.74. The Balaban J connectivity index is 1.54. The summed E-state index contributed by atoms with van der Waals surface area (Å²) < 4.78 is 23.3. The van der Waals surface area contributed by atoms with E-state index in [0.717, 1.165) is 46.3 Å².